The van der Waals surface area contributed by atoms with E-state index < -0.39 is 6.10 Å². The highest BCUT2D eigenvalue weighted by molar-refractivity contribution is 7.80. The fourth-order valence-corrected chi connectivity index (χ4v) is 1.89. The third-order valence-corrected chi connectivity index (χ3v) is 2.96. The molecule has 0 amide bonds. The molecule has 82 valence electrons. The van der Waals surface area contributed by atoms with Gasteiger partial charge in [0.25, 0.3) is 0 Å². The molecule has 0 bridgehead atoms. The molecule has 1 atom stereocenters. The van der Waals surface area contributed by atoms with Crippen molar-refractivity contribution in [1.29, 1.82) is 0 Å². The van der Waals surface area contributed by atoms with Crippen molar-refractivity contribution < 1.29 is 5.11 Å². The average molecular weight is 230 g/mol. The Hall–Kier alpha value is -1.25. The van der Waals surface area contributed by atoms with Gasteiger partial charge in [0.1, 0.15) is 0 Å². The topological polar surface area (TPSA) is 20.2 Å². The van der Waals surface area contributed by atoms with Crippen LogP contribution in [0.4, 0.5) is 0 Å². The van der Waals surface area contributed by atoms with E-state index in [2.05, 4.69) is 6.08 Å². The SMILES string of the molecule is OC(CC1=CCC(=S)C=C1)c1ccccc1. The van der Waals surface area contributed by atoms with E-state index in [9.17, 15) is 5.11 Å². The normalized spacial score (nSPS) is 17.1. The molecular formula is C14H14OS. The molecule has 1 aliphatic carbocycles. The Kier molecular flexibility index (Phi) is 3.65. The minimum atomic E-state index is -0.427. The molecule has 0 saturated heterocycles. The smallest absolute Gasteiger partial charge is 0.0830 e. The number of allylic oxidation sites excluding steroid dienone is 3. The van der Waals surface area contributed by atoms with Crippen LogP contribution in [0.25, 0.3) is 0 Å². The Morgan fingerprint density at radius 2 is 1.94 bits per heavy atom. The second kappa shape index (κ2) is 5.19. The molecule has 1 unspecified atom stereocenters. The van der Waals surface area contributed by atoms with Gasteiger partial charge in [0.15, 0.2) is 0 Å². The maximum absolute atomic E-state index is 10.0. The Morgan fingerprint density at radius 3 is 2.56 bits per heavy atom. The van der Waals surface area contributed by atoms with Gasteiger partial charge in [0.2, 0.25) is 0 Å². The van der Waals surface area contributed by atoms with Crippen LogP contribution in [0.1, 0.15) is 24.5 Å². The predicted octanol–water partition coefficient (Wildman–Crippen LogP) is 3.37. The van der Waals surface area contributed by atoms with Gasteiger partial charge >= 0.3 is 0 Å². The molecule has 1 aromatic rings. The number of hydrogen-bond acceptors (Lipinski definition) is 2. The van der Waals surface area contributed by atoms with Gasteiger partial charge < -0.3 is 5.11 Å². The lowest BCUT2D eigenvalue weighted by molar-refractivity contribution is 0.179. The highest BCUT2D eigenvalue weighted by Crippen LogP contribution is 2.23. The van der Waals surface area contributed by atoms with Gasteiger partial charge in [0.05, 0.1) is 6.10 Å². The fourth-order valence-electron chi connectivity index (χ4n) is 1.74. The summed E-state index contributed by atoms with van der Waals surface area (Å²) in [5.74, 6) is 0. The summed E-state index contributed by atoms with van der Waals surface area (Å²) in [5.41, 5.74) is 2.12. The minimum Gasteiger partial charge on any atom is -0.388 e. The van der Waals surface area contributed by atoms with Crippen LogP contribution in [-0.2, 0) is 0 Å². The van der Waals surface area contributed by atoms with Crippen LogP contribution in [0.3, 0.4) is 0 Å². The van der Waals surface area contributed by atoms with Crippen LogP contribution in [0.2, 0.25) is 0 Å². The van der Waals surface area contributed by atoms with Crippen molar-refractivity contribution in [3.05, 3.63) is 59.7 Å². The van der Waals surface area contributed by atoms with Crippen molar-refractivity contribution >= 4 is 17.1 Å². The fraction of sp³-hybridized carbons (Fsp3) is 0.214. The number of aliphatic hydroxyl groups excluding tert-OH is 1. The van der Waals surface area contributed by atoms with Gasteiger partial charge in [-0.25, -0.2) is 0 Å². The summed E-state index contributed by atoms with van der Waals surface area (Å²) in [6.07, 6.45) is 7.09. The summed E-state index contributed by atoms with van der Waals surface area (Å²) in [4.78, 5) is 0.956. The number of rotatable bonds is 3. The standard InChI is InChI=1S/C14H14OS/c15-14(12-4-2-1-3-5-12)10-11-6-8-13(16)9-7-11/h1-8,14-15H,9-10H2. The van der Waals surface area contributed by atoms with E-state index in [4.69, 9.17) is 12.2 Å². The number of benzene rings is 1. The third-order valence-electron chi connectivity index (χ3n) is 2.66. The van der Waals surface area contributed by atoms with Gasteiger partial charge in [-0.2, -0.15) is 0 Å². The minimum absolute atomic E-state index is 0.427. The molecule has 0 heterocycles. The lowest BCUT2D eigenvalue weighted by Gasteiger charge is -2.13. The Labute approximate surface area is 101 Å². The number of aliphatic hydroxyl groups is 1. The monoisotopic (exact) mass is 230 g/mol. The van der Waals surface area contributed by atoms with Crippen molar-refractivity contribution in [2.24, 2.45) is 0 Å². The third kappa shape index (κ3) is 2.87. The van der Waals surface area contributed by atoms with E-state index in [0.29, 0.717) is 6.42 Å². The second-order valence-electron chi connectivity index (χ2n) is 3.91. The highest BCUT2D eigenvalue weighted by atomic mass is 32.1. The summed E-state index contributed by atoms with van der Waals surface area (Å²) >= 11 is 5.07. The van der Waals surface area contributed by atoms with Crippen molar-refractivity contribution in [3.8, 4) is 0 Å². The van der Waals surface area contributed by atoms with Crippen molar-refractivity contribution in [2.75, 3.05) is 0 Å². The second-order valence-corrected chi connectivity index (χ2v) is 4.44. The van der Waals surface area contributed by atoms with Crippen molar-refractivity contribution in [1.82, 2.24) is 0 Å². The summed E-state index contributed by atoms with van der Waals surface area (Å²) in [7, 11) is 0. The summed E-state index contributed by atoms with van der Waals surface area (Å²) < 4.78 is 0. The first-order chi connectivity index (χ1) is 7.75. The Bertz CT molecular complexity index is 431. The number of thiocarbonyl (C=S) groups is 1. The lowest BCUT2D eigenvalue weighted by atomic mass is 9.97. The first kappa shape index (κ1) is 11.2. The van der Waals surface area contributed by atoms with Crippen LogP contribution >= 0.6 is 12.2 Å². The van der Waals surface area contributed by atoms with Gasteiger partial charge in [0, 0.05) is 17.7 Å². The average Bonchev–Trinajstić information content (AvgIpc) is 2.33. The molecule has 2 rings (SSSR count). The van der Waals surface area contributed by atoms with E-state index in [0.717, 1.165) is 22.4 Å². The first-order valence-electron chi connectivity index (χ1n) is 5.38. The molecule has 1 aliphatic rings. The molecule has 1 N–H and O–H groups in total. The molecule has 1 nitrogen and oxygen atoms in total. The zero-order chi connectivity index (χ0) is 11.4. The zero-order valence-electron chi connectivity index (χ0n) is 8.97. The van der Waals surface area contributed by atoms with Crippen molar-refractivity contribution in [2.45, 2.75) is 18.9 Å². The molecule has 0 spiro atoms. The van der Waals surface area contributed by atoms with E-state index in [1.807, 2.05) is 42.5 Å². The molecule has 0 saturated carbocycles. The van der Waals surface area contributed by atoms with Gasteiger partial charge in [-0.1, -0.05) is 54.7 Å². The molecule has 1 aromatic carbocycles. The van der Waals surface area contributed by atoms with Crippen LogP contribution in [0.15, 0.2) is 54.1 Å². The molecule has 0 radical (unpaired) electrons. The van der Waals surface area contributed by atoms with Gasteiger partial charge in [-0.15, -0.1) is 0 Å². The predicted molar refractivity (Wildman–Crippen MR) is 70.5 cm³/mol. The summed E-state index contributed by atoms with van der Waals surface area (Å²) in [5, 5.41) is 10.0. The van der Waals surface area contributed by atoms with E-state index in [-0.39, 0.29) is 0 Å². The highest BCUT2D eigenvalue weighted by Gasteiger charge is 2.10. The van der Waals surface area contributed by atoms with Crippen LogP contribution in [0, 0.1) is 0 Å². The maximum atomic E-state index is 10.0. The van der Waals surface area contributed by atoms with Crippen molar-refractivity contribution in [3.63, 3.8) is 0 Å². The maximum Gasteiger partial charge on any atom is 0.0830 e. The molecule has 2 heteroatoms. The van der Waals surface area contributed by atoms with E-state index in [1.165, 1.54) is 0 Å². The lowest BCUT2D eigenvalue weighted by Crippen LogP contribution is -2.01. The first-order valence-corrected chi connectivity index (χ1v) is 5.79. The van der Waals surface area contributed by atoms with Gasteiger partial charge in [-0.05, 0) is 17.2 Å². The number of hydrogen-bond donors (Lipinski definition) is 1. The van der Waals surface area contributed by atoms with Crippen LogP contribution in [-0.4, -0.2) is 9.97 Å². The molecule has 0 aliphatic heterocycles. The molecule has 0 aromatic heterocycles. The summed E-state index contributed by atoms with van der Waals surface area (Å²) in [6, 6.07) is 9.73. The quantitative estimate of drug-likeness (QED) is 0.803. The summed E-state index contributed by atoms with van der Waals surface area (Å²) in [6.45, 7) is 0. The van der Waals surface area contributed by atoms with E-state index in [1.54, 1.807) is 0 Å². The van der Waals surface area contributed by atoms with E-state index >= 15 is 0 Å². The molecular weight excluding hydrogens is 216 g/mol. The van der Waals surface area contributed by atoms with Crippen LogP contribution in [0.5, 0.6) is 0 Å². The molecule has 16 heavy (non-hydrogen) atoms. The largest absolute Gasteiger partial charge is 0.388 e. The Balaban J connectivity index is 2.01. The zero-order valence-corrected chi connectivity index (χ0v) is 9.78. The van der Waals surface area contributed by atoms with Gasteiger partial charge in [-0.3, -0.25) is 0 Å². The Morgan fingerprint density at radius 1 is 1.19 bits per heavy atom. The van der Waals surface area contributed by atoms with Crippen LogP contribution < -0.4 is 0 Å². The molecule has 0 fully saturated rings.